The molecule has 4 rings (SSSR count). The van der Waals surface area contributed by atoms with Gasteiger partial charge in [0.05, 0.1) is 0 Å². The molecule has 0 aromatic carbocycles. The fourth-order valence-electron chi connectivity index (χ4n) is 4.34. The third-order valence-electron chi connectivity index (χ3n) is 4.35. The summed E-state index contributed by atoms with van der Waals surface area (Å²) in [6.07, 6.45) is 9.24. The minimum Gasteiger partial charge on any atom is -0.168 e. The Hall–Kier alpha value is 0.700. The Balaban J connectivity index is 1.83. The van der Waals surface area contributed by atoms with E-state index < -0.39 is 0 Å². The molecule has 0 heterocycles. The lowest BCUT2D eigenvalue weighted by molar-refractivity contribution is 0.0385. The largest absolute Gasteiger partial charge is 0.168 e. The maximum absolute atomic E-state index is 4.40. The minimum absolute atomic E-state index is 0.691. The molecule has 2 heteroatoms. The first-order valence-corrected chi connectivity index (χ1v) is 7.16. The first-order valence-electron chi connectivity index (χ1n) is 5.54. The lowest BCUT2D eigenvalue weighted by atomic mass is 9.56. The van der Waals surface area contributed by atoms with Gasteiger partial charge < -0.3 is 0 Å². The molecule has 4 aliphatic carbocycles. The van der Waals surface area contributed by atoms with Crippen LogP contribution >= 0.6 is 24.4 Å². The van der Waals surface area contributed by atoms with Gasteiger partial charge in [-0.15, -0.1) is 11.8 Å². The standard InChI is InChI=1S/C11H18S2/c12-7-13-11-4-8-1-9(5-11)3-10(2-8)6-11/h8-10,12H,1-7H2. The minimum atomic E-state index is 0.691. The topological polar surface area (TPSA) is 0 Å². The molecular weight excluding hydrogens is 196 g/mol. The summed E-state index contributed by atoms with van der Waals surface area (Å²) in [6, 6.07) is 0. The molecule has 4 saturated carbocycles. The molecule has 0 nitrogen and oxygen atoms in total. The van der Waals surface area contributed by atoms with Gasteiger partial charge >= 0.3 is 0 Å². The third kappa shape index (κ3) is 1.45. The lowest BCUT2D eigenvalue weighted by Crippen LogP contribution is -2.48. The Morgan fingerprint density at radius 3 is 1.85 bits per heavy atom. The van der Waals surface area contributed by atoms with Gasteiger partial charge in [-0.3, -0.25) is 0 Å². The number of thioether (sulfide) groups is 1. The van der Waals surface area contributed by atoms with Crippen LogP contribution in [0, 0.1) is 17.8 Å². The molecule has 0 spiro atoms. The van der Waals surface area contributed by atoms with Crippen molar-refractivity contribution in [1.82, 2.24) is 0 Å². The van der Waals surface area contributed by atoms with E-state index in [1.165, 1.54) is 19.3 Å². The molecule has 0 atom stereocenters. The molecular formula is C11H18S2. The molecule has 74 valence electrons. The fraction of sp³-hybridized carbons (Fsp3) is 1.00. The average Bonchev–Trinajstić information content (AvgIpc) is 2.00. The van der Waals surface area contributed by atoms with Crippen LogP contribution in [0.4, 0.5) is 0 Å². The highest BCUT2D eigenvalue weighted by Crippen LogP contribution is 2.60. The molecule has 0 aliphatic heterocycles. The predicted molar refractivity (Wildman–Crippen MR) is 62.3 cm³/mol. The van der Waals surface area contributed by atoms with E-state index in [1.54, 1.807) is 19.3 Å². The van der Waals surface area contributed by atoms with E-state index in [2.05, 4.69) is 24.4 Å². The second-order valence-corrected chi connectivity index (χ2v) is 7.56. The monoisotopic (exact) mass is 214 g/mol. The summed E-state index contributed by atoms with van der Waals surface area (Å²) in [6.45, 7) is 0. The van der Waals surface area contributed by atoms with E-state index in [0.717, 1.165) is 22.8 Å². The Kier molecular flexibility index (Phi) is 2.13. The molecule has 4 fully saturated rings. The van der Waals surface area contributed by atoms with E-state index in [1.807, 2.05) is 0 Å². The Bertz CT molecular complexity index is 177. The van der Waals surface area contributed by atoms with Crippen LogP contribution in [0.15, 0.2) is 0 Å². The van der Waals surface area contributed by atoms with Crippen LogP contribution in [0.3, 0.4) is 0 Å². The molecule has 0 radical (unpaired) electrons. The van der Waals surface area contributed by atoms with Crippen molar-refractivity contribution < 1.29 is 0 Å². The van der Waals surface area contributed by atoms with Crippen molar-refractivity contribution in [1.29, 1.82) is 0 Å². The highest BCUT2D eigenvalue weighted by Gasteiger charge is 2.50. The molecule has 4 aliphatic rings. The molecule has 0 saturated heterocycles. The second-order valence-electron chi connectivity index (χ2n) is 5.37. The molecule has 0 aromatic heterocycles. The maximum Gasteiger partial charge on any atom is 0.0367 e. The quantitative estimate of drug-likeness (QED) is 0.541. The van der Waals surface area contributed by atoms with Crippen molar-refractivity contribution in [3.63, 3.8) is 0 Å². The number of rotatable bonds is 2. The summed E-state index contributed by atoms with van der Waals surface area (Å²) in [7, 11) is 0. The number of hydrogen-bond acceptors (Lipinski definition) is 2. The van der Waals surface area contributed by atoms with Crippen LogP contribution in [-0.4, -0.2) is 9.83 Å². The summed E-state index contributed by atoms with van der Waals surface area (Å²) in [4.78, 5) is 0. The fourth-order valence-corrected chi connectivity index (χ4v) is 6.50. The van der Waals surface area contributed by atoms with Crippen molar-refractivity contribution in [2.75, 3.05) is 5.08 Å². The first kappa shape index (κ1) is 8.96. The van der Waals surface area contributed by atoms with E-state index in [4.69, 9.17) is 0 Å². The smallest absolute Gasteiger partial charge is 0.0367 e. The van der Waals surface area contributed by atoms with Crippen molar-refractivity contribution in [3.8, 4) is 0 Å². The molecule has 0 amide bonds. The normalized spacial score (nSPS) is 52.8. The summed E-state index contributed by atoms with van der Waals surface area (Å²) < 4.78 is 0.691. The third-order valence-corrected chi connectivity index (χ3v) is 5.98. The van der Waals surface area contributed by atoms with E-state index in [9.17, 15) is 0 Å². The summed E-state index contributed by atoms with van der Waals surface area (Å²) in [5.41, 5.74) is 0. The van der Waals surface area contributed by atoms with Gasteiger partial charge in [0.1, 0.15) is 0 Å². The molecule has 4 bridgehead atoms. The van der Waals surface area contributed by atoms with Crippen LogP contribution in [0.2, 0.25) is 0 Å². The van der Waals surface area contributed by atoms with Gasteiger partial charge in [0, 0.05) is 9.83 Å². The van der Waals surface area contributed by atoms with Gasteiger partial charge in [-0.1, -0.05) is 0 Å². The molecule has 13 heavy (non-hydrogen) atoms. The molecule has 0 N–H and O–H groups in total. The van der Waals surface area contributed by atoms with Gasteiger partial charge in [0.2, 0.25) is 0 Å². The maximum atomic E-state index is 4.40. The van der Waals surface area contributed by atoms with Crippen LogP contribution in [0.1, 0.15) is 38.5 Å². The Morgan fingerprint density at radius 1 is 1.00 bits per heavy atom. The van der Waals surface area contributed by atoms with Crippen molar-refractivity contribution >= 4 is 24.4 Å². The zero-order chi connectivity index (χ0) is 8.89. The van der Waals surface area contributed by atoms with Crippen LogP contribution in [-0.2, 0) is 0 Å². The SMILES string of the molecule is SCSC12CC3CC(CC(C3)C1)C2. The zero-order valence-electron chi connectivity index (χ0n) is 8.04. The first-order chi connectivity index (χ1) is 6.30. The Labute approximate surface area is 90.6 Å². The average molecular weight is 214 g/mol. The van der Waals surface area contributed by atoms with Crippen molar-refractivity contribution in [2.24, 2.45) is 17.8 Å². The van der Waals surface area contributed by atoms with E-state index in [-0.39, 0.29) is 0 Å². The van der Waals surface area contributed by atoms with Crippen LogP contribution < -0.4 is 0 Å². The molecule has 0 aromatic rings. The highest BCUT2D eigenvalue weighted by atomic mass is 32.2. The summed E-state index contributed by atoms with van der Waals surface area (Å²) in [5.74, 6) is 3.29. The van der Waals surface area contributed by atoms with Gasteiger partial charge in [-0.2, -0.15) is 12.6 Å². The van der Waals surface area contributed by atoms with Gasteiger partial charge in [-0.25, -0.2) is 0 Å². The van der Waals surface area contributed by atoms with Crippen LogP contribution in [0.25, 0.3) is 0 Å². The highest BCUT2D eigenvalue weighted by molar-refractivity contribution is 8.10. The summed E-state index contributed by atoms with van der Waals surface area (Å²) >= 11 is 6.55. The Morgan fingerprint density at radius 2 is 1.46 bits per heavy atom. The lowest BCUT2D eigenvalue weighted by Gasteiger charge is -2.56. The van der Waals surface area contributed by atoms with Crippen molar-refractivity contribution in [3.05, 3.63) is 0 Å². The van der Waals surface area contributed by atoms with Crippen molar-refractivity contribution in [2.45, 2.75) is 43.3 Å². The number of thiol groups is 1. The number of hydrogen-bond donors (Lipinski definition) is 1. The van der Waals surface area contributed by atoms with E-state index >= 15 is 0 Å². The van der Waals surface area contributed by atoms with Gasteiger partial charge in [-0.05, 0) is 56.3 Å². The zero-order valence-corrected chi connectivity index (χ0v) is 9.75. The van der Waals surface area contributed by atoms with E-state index in [0.29, 0.717) is 4.75 Å². The second kappa shape index (κ2) is 3.10. The molecule has 0 unspecified atom stereocenters. The summed E-state index contributed by atoms with van der Waals surface area (Å²) in [5, 5.41) is 1.03. The van der Waals surface area contributed by atoms with Gasteiger partial charge in [0.25, 0.3) is 0 Å². The van der Waals surface area contributed by atoms with Gasteiger partial charge in [0.15, 0.2) is 0 Å². The van der Waals surface area contributed by atoms with Crippen LogP contribution in [0.5, 0.6) is 0 Å². The predicted octanol–water partition coefficient (Wildman–Crippen LogP) is 3.58.